The van der Waals surface area contributed by atoms with Gasteiger partial charge in [-0.25, -0.2) is 9.36 Å². The molecular formula is C24H28N4O3. The molecule has 1 saturated heterocycles. The second-order valence-corrected chi connectivity index (χ2v) is 8.58. The lowest BCUT2D eigenvalue weighted by atomic mass is 9.90. The number of benzene rings is 1. The van der Waals surface area contributed by atoms with E-state index in [0.717, 1.165) is 43.1 Å². The van der Waals surface area contributed by atoms with Gasteiger partial charge in [0, 0.05) is 25.3 Å². The van der Waals surface area contributed by atoms with E-state index in [0.29, 0.717) is 37.7 Å². The summed E-state index contributed by atoms with van der Waals surface area (Å²) in [4.78, 5) is 40.5. The minimum atomic E-state index is -0.632. The molecule has 2 aromatic rings. The Morgan fingerprint density at radius 1 is 1.03 bits per heavy atom. The Labute approximate surface area is 181 Å². The molecule has 31 heavy (non-hydrogen) atoms. The molecule has 0 atom stereocenters. The largest absolute Gasteiger partial charge is 0.341 e. The molecule has 162 valence electrons. The van der Waals surface area contributed by atoms with Gasteiger partial charge in [-0.2, -0.15) is 5.26 Å². The molecule has 0 aliphatic carbocycles. The fourth-order valence-electron chi connectivity index (χ4n) is 4.79. The number of carbonyl (C=O) groups excluding carboxylic acids is 1. The summed E-state index contributed by atoms with van der Waals surface area (Å²) in [6.45, 7) is 1.45. The molecule has 2 aliphatic heterocycles. The molecule has 7 heteroatoms. The average molecular weight is 421 g/mol. The van der Waals surface area contributed by atoms with Crippen molar-refractivity contribution in [3.63, 3.8) is 0 Å². The van der Waals surface area contributed by atoms with Gasteiger partial charge in [0.25, 0.3) is 5.56 Å². The second-order valence-electron chi connectivity index (χ2n) is 8.58. The minimum absolute atomic E-state index is 0.0101. The van der Waals surface area contributed by atoms with Crippen LogP contribution < -0.4 is 11.2 Å². The molecule has 0 bridgehead atoms. The Hall–Kier alpha value is -3.14. The van der Waals surface area contributed by atoms with E-state index in [4.69, 9.17) is 0 Å². The van der Waals surface area contributed by atoms with Gasteiger partial charge in [-0.3, -0.25) is 14.2 Å². The molecule has 7 nitrogen and oxygen atoms in total. The van der Waals surface area contributed by atoms with Crippen molar-refractivity contribution in [2.75, 3.05) is 13.1 Å². The number of aromatic nitrogens is 2. The molecule has 0 radical (unpaired) electrons. The minimum Gasteiger partial charge on any atom is -0.341 e. The van der Waals surface area contributed by atoms with Crippen molar-refractivity contribution < 1.29 is 4.79 Å². The quantitative estimate of drug-likeness (QED) is 0.758. The lowest BCUT2D eigenvalue weighted by Gasteiger charge is -2.32. The van der Waals surface area contributed by atoms with Crippen molar-refractivity contribution in [1.82, 2.24) is 14.0 Å². The maximum absolute atomic E-state index is 13.0. The summed E-state index contributed by atoms with van der Waals surface area (Å²) >= 11 is 0. The van der Waals surface area contributed by atoms with Crippen LogP contribution in [-0.2, 0) is 30.7 Å². The van der Waals surface area contributed by atoms with Gasteiger partial charge >= 0.3 is 5.69 Å². The first-order valence-electron chi connectivity index (χ1n) is 11.2. The van der Waals surface area contributed by atoms with E-state index in [1.54, 1.807) is 4.90 Å². The first-order chi connectivity index (χ1) is 15.1. The molecule has 2 aliphatic rings. The predicted octanol–water partition coefficient (Wildman–Crippen LogP) is 2.09. The van der Waals surface area contributed by atoms with Gasteiger partial charge in [-0.15, -0.1) is 0 Å². The van der Waals surface area contributed by atoms with Crippen LogP contribution in [0.5, 0.6) is 0 Å². The third kappa shape index (κ3) is 4.48. The second kappa shape index (κ2) is 9.34. The molecule has 1 fully saturated rings. The molecule has 0 unspecified atom stereocenters. The highest BCUT2D eigenvalue weighted by Gasteiger charge is 2.26. The standard InChI is InChI=1S/C24H28N4O3/c25-16-20-21-9-5-2-6-12-27(21)24(31)28(23(20)30)17-22(29)26-13-10-19(11-14-26)15-18-7-3-1-4-8-18/h1,3-4,7-8,19H,2,5-6,9-15,17H2. The van der Waals surface area contributed by atoms with E-state index in [2.05, 4.69) is 12.1 Å². The monoisotopic (exact) mass is 420 g/mol. The molecule has 1 aromatic carbocycles. The maximum Gasteiger partial charge on any atom is 0.331 e. The fraction of sp³-hybridized carbons (Fsp3) is 0.500. The number of hydrogen-bond acceptors (Lipinski definition) is 4. The van der Waals surface area contributed by atoms with Crippen LogP contribution in [0.3, 0.4) is 0 Å². The summed E-state index contributed by atoms with van der Waals surface area (Å²) in [5.74, 6) is 0.299. The summed E-state index contributed by atoms with van der Waals surface area (Å²) in [6, 6.07) is 12.3. The van der Waals surface area contributed by atoms with Crippen LogP contribution in [0, 0.1) is 17.2 Å². The number of rotatable bonds is 4. The van der Waals surface area contributed by atoms with E-state index in [-0.39, 0.29) is 18.0 Å². The summed E-state index contributed by atoms with van der Waals surface area (Å²) in [5.41, 5.74) is 0.748. The lowest BCUT2D eigenvalue weighted by Crippen LogP contribution is -2.48. The zero-order valence-corrected chi connectivity index (χ0v) is 17.8. The van der Waals surface area contributed by atoms with Gasteiger partial charge in [0.1, 0.15) is 18.2 Å². The van der Waals surface area contributed by atoms with Gasteiger partial charge in [-0.05, 0) is 50.0 Å². The summed E-state index contributed by atoms with van der Waals surface area (Å²) in [5, 5.41) is 9.54. The van der Waals surface area contributed by atoms with Crippen molar-refractivity contribution >= 4 is 5.91 Å². The highest BCUT2D eigenvalue weighted by molar-refractivity contribution is 5.76. The lowest BCUT2D eigenvalue weighted by molar-refractivity contribution is -0.133. The summed E-state index contributed by atoms with van der Waals surface area (Å²) in [6.07, 6.45) is 6.01. The summed E-state index contributed by atoms with van der Waals surface area (Å²) in [7, 11) is 0. The number of hydrogen-bond donors (Lipinski definition) is 0. The molecule has 0 spiro atoms. The Balaban J connectivity index is 1.47. The van der Waals surface area contributed by atoms with Crippen molar-refractivity contribution in [1.29, 1.82) is 5.26 Å². The van der Waals surface area contributed by atoms with Gasteiger partial charge in [0.15, 0.2) is 0 Å². The van der Waals surface area contributed by atoms with E-state index in [9.17, 15) is 19.6 Å². The van der Waals surface area contributed by atoms with E-state index >= 15 is 0 Å². The van der Waals surface area contributed by atoms with E-state index in [1.807, 2.05) is 24.3 Å². The molecule has 0 N–H and O–H groups in total. The van der Waals surface area contributed by atoms with Crippen molar-refractivity contribution in [2.24, 2.45) is 5.92 Å². The smallest absolute Gasteiger partial charge is 0.331 e. The van der Waals surface area contributed by atoms with Crippen LogP contribution in [0.1, 0.15) is 48.9 Å². The third-order valence-corrected chi connectivity index (χ3v) is 6.57. The molecule has 0 saturated carbocycles. The number of piperidine rings is 1. The zero-order valence-electron chi connectivity index (χ0n) is 17.8. The van der Waals surface area contributed by atoms with Crippen LogP contribution in [-0.4, -0.2) is 33.0 Å². The van der Waals surface area contributed by atoms with Gasteiger partial charge < -0.3 is 4.90 Å². The van der Waals surface area contributed by atoms with Crippen LogP contribution in [0.15, 0.2) is 39.9 Å². The van der Waals surface area contributed by atoms with Crippen LogP contribution in [0.2, 0.25) is 0 Å². The third-order valence-electron chi connectivity index (χ3n) is 6.57. The normalized spacial score (nSPS) is 16.9. The zero-order chi connectivity index (χ0) is 21.8. The van der Waals surface area contributed by atoms with Gasteiger partial charge in [0.05, 0.1) is 0 Å². The van der Waals surface area contributed by atoms with Crippen LogP contribution in [0.25, 0.3) is 0 Å². The average Bonchev–Trinajstić information content (AvgIpc) is 3.04. The Kier molecular flexibility index (Phi) is 6.36. The number of fused-ring (bicyclic) bond motifs is 1. The number of likely N-dealkylation sites (tertiary alicyclic amines) is 1. The van der Waals surface area contributed by atoms with Crippen molar-refractivity contribution in [2.45, 2.75) is 58.0 Å². The number of nitrogens with zero attached hydrogens (tertiary/aromatic N) is 4. The van der Waals surface area contributed by atoms with E-state index < -0.39 is 11.2 Å². The molecule has 4 rings (SSSR count). The molecule has 3 heterocycles. The maximum atomic E-state index is 13.0. The first kappa shape index (κ1) is 21.1. The van der Waals surface area contributed by atoms with E-state index in [1.165, 1.54) is 10.1 Å². The van der Waals surface area contributed by atoms with Crippen molar-refractivity contribution in [3.05, 3.63) is 68.0 Å². The highest BCUT2D eigenvalue weighted by Crippen LogP contribution is 2.22. The van der Waals surface area contributed by atoms with Gasteiger partial charge in [0.2, 0.25) is 5.91 Å². The van der Waals surface area contributed by atoms with Crippen molar-refractivity contribution in [3.8, 4) is 6.07 Å². The fourth-order valence-corrected chi connectivity index (χ4v) is 4.79. The SMILES string of the molecule is N#Cc1c2n(c(=O)n(CC(=O)N3CCC(Cc4ccccc4)CC3)c1=O)CCCCC2. The van der Waals surface area contributed by atoms with Gasteiger partial charge in [-0.1, -0.05) is 36.8 Å². The Morgan fingerprint density at radius 3 is 2.48 bits per heavy atom. The predicted molar refractivity (Wildman–Crippen MR) is 117 cm³/mol. The Bertz CT molecular complexity index is 1100. The number of carbonyl (C=O) groups is 1. The highest BCUT2D eigenvalue weighted by atomic mass is 16.2. The summed E-state index contributed by atoms with van der Waals surface area (Å²) < 4.78 is 2.50. The number of amides is 1. The first-order valence-corrected chi connectivity index (χ1v) is 11.2. The molecule has 1 aromatic heterocycles. The molecule has 1 amide bonds. The molecular weight excluding hydrogens is 392 g/mol. The Morgan fingerprint density at radius 2 is 1.77 bits per heavy atom. The van der Waals surface area contributed by atoms with Crippen LogP contribution >= 0.6 is 0 Å². The topological polar surface area (TPSA) is 88.1 Å². The van der Waals surface area contributed by atoms with Crippen LogP contribution in [0.4, 0.5) is 0 Å². The number of nitriles is 1.